The van der Waals surface area contributed by atoms with Crippen molar-refractivity contribution in [3.8, 4) is 0 Å². The van der Waals surface area contributed by atoms with E-state index in [-0.39, 0.29) is 11.9 Å². The van der Waals surface area contributed by atoms with Gasteiger partial charge in [-0.15, -0.1) is 0 Å². The van der Waals surface area contributed by atoms with Crippen molar-refractivity contribution in [2.75, 3.05) is 18.1 Å². The Hall–Kier alpha value is -2.59. The lowest BCUT2D eigenvalue weighted by molar-refractivity contribution is -0.137. The van der Waals surface area contributed by atoms with Gasteiger partial charge in [0, 0.05) is 7.11 Å². The molecule has 0 spiro atoms. The Morgan fingerprint density at radius 3 is 2.31 bits per heavy atom. The molecule has 10 heteroatoms. The molecule has 1 amide bonds. The minimum atomic E-state index is -4.43. The molecule has 0 heterocycles. The summed E-state index contributed by atoms with van der Waals surface area (Å²) in [6.07, 6.45) is -3.00. The number of carbonyl (C=O) groups is 1. The van der Waals surface area contributed by atoms with E-state index in [0.717, 1.165) is 24.0 Å². The highest BCUT2D eigenvalue weighted by molar-refractivity contribution is 7.92. The summed E-state index contributed by atoms with van der Waals surface area (Å²) in [5, 5.41) is 2.91. The van der Waals surface area contributed by atoms with E-state index in [4.69, 9.17) is 4.74 Å². The summed E-state index contributed by atoms with van der Waals surface area (Å²) in [5.74, 6) is -0.797. The van der Waals surface area contributed by atoms with Gasteiger partial charge in [-0.05, 0) is 55.2 Å². The molecule has 1 aliphatic rings. The number of anilines is 1. The molecule has 6 nitrogen and oxygen atoms in total. The molecule has 174 valence electrons. The Morgan fingerprint density at radius 2 is 1.81 bits per heavy atom. The third-order valence-corrected chi connectivity index (χ3v) is 6.29. The van der Waals surface area contributed by atoms with Crippen molar-refractivity contribution in [2.24, 2.45) is 5.92 Å². The normalized spacial score (nSPS) is 21.7. The van der Waals surface area contributed by atoms with Gasteiger partial charge >= 0.3 is 6.18 Å². The lowest BCUT2D eigenvalue weighted by Gasteiger charge is -2.20. The summed E-state index contributed by atoms with van der Waals surface area (Å²) < 4.78 is 69.3. The van der Waals surface area contributed by atoms with Crippen LogP contribution in [-0.2, 0) is 31.3 Å². The first kappa shape index (κ1) is 24.1. The lowest BCUT2D eigenvalue weighted by atomic mass is 10.0. The zero-order chi connectivity index (χ0) is 23.9. The van der Waals surface area contributed by atoms with Gasteiger partial charge in [0.25, 0.3) is 0 Å². The van der Waals surface area contributed by atoms with Gasteiger partial charge in [0.1, 0.15) is 5.60 Å². The van der Waals surface area contributed by atoms with Crippen LogP contribution >= 0.6 is 0 Å². The van der Waals surface area contributed by atoms with Crippen LogP contribution in [0.15, 0.2) is 42.5 Å². The maximum atomic E-state index is 12.8. The Balaban J connectivity index is 1.70. The minimum Gasteiger partial charge on any atom is -0.373 e. The first-order chi connectivity index (χ1) is 14.8. The monoisotopic (exact) mass is 470 g/mol. The second-order valence-corrected chi connectivity index (χ2v) is 9.85. The number of carbonyl (C=O) groups excluding carboxylic acids is 1. The molecule has 3 atom stereocenters. The molecule has 0 bridgehead atoms. The van der Waals surface area contributed by atoms with Crippen LogP contribution in [0.1, 0.15) is 41.6 Å². The van der Waals surface area contributed by atoms with Gasteiger partial charge in [0.15, 0.2) is 0 Å². The van der Waals surface area contributed by atoms with E-state index < -0.39 is 33.3 Å². The number of rotatable bonds is 7. The van der Waals surface area contributed by atoms with Crippen molar-refractivity contribution in [3.63, 3.8) is 0 Å². The van der Waals surface area contributed by atoms with E-state index in [1.807, 2.05) is 0 Å². The summed E-state index contributed by atoms with van der Waals surface area (Å²) in [6, 6.07) is 9.44. The molecule has 2 aromatic carbocycles. The molecule has 1 saturated carbocycles. The fourth-order valence-corrected chi connectivity index (χ4v) is 4.45. The number of ether oxygens (including phenoxy) is 1. The maximum absolute atomic E-state index is 12.8. The van der Waals surface area contributed by atoms with Gasteiger partial charge < -0.3 is 10.1 Å². The van der Waals surface area contributed by atoms with Crippen molar-refractivity contribution in [2.45, 2.75) is 38.1 Å². The van der Waals surface area contributed by atoms with Crippen LogP contribution in [0.4, 0.5) is 18.9 Å². The van der Waals surface area contributed by atoms with Gasteiger partial charge in [0.05, 0.1) is 29.5 Å². The van der Waals surface area contributed by atoms with E-state index in [0.29, 0.717) is 23.2 Å². The molecule has 1 fully saturated rings. The maximum Gasteiger partial charge on any atom is 0.416 e. The summed E-state index contributed by atoms with van der Waals surface area (Å²) in [6.45, 7) is 3.55. The molecule has 0 aromatic heterocycles. The first-order valence-corrected chi connectivity index (χ1v) is 11.8. The minimum absolute atomic E-state index is 0.268. The predicted octanol–water partition coefficient (Wildman–Crippen LogP) is 4.12. The molecular formula is C22H25F3N2O4S. The largest absolute Gasteiger partial charge is 0.416 e. The molecule has 2 N–H and O–H groups in total. The van der Waals surface area contributed by atoms with Crippen molar-refractivity contribution >= 4 is 21.6 Å². The third-order valence-electron chi connectivity index (χ3n) is 5.70. The van der Waals surface area contributed by atoms with E-state index in [2.05, 4.69) is 10.0 Å². The zero-order valence-electron chi connectivity index (χ0n) is 18.1. The van der Waals surface area contributed by atoms with Crippen LogP contribution in [-0.4, -0.2) is 27.7 Å². The number of hydrogen-bond donors (Lipinski definition) is 2. The average Bonchev–Trinajstić information content (AvgIpc) is 3.44. The van der Waals surface area contributed by atoms with Gasteiger partial charge in [-0.3, -0.25) is 9.52 Å². The molecule has 2 aromatic rings. The number of amides is 1. The Morgan fingerprint density at radius 1 is 1.19 bits per heavy atom. The van der Waals surface area contributed by atoms with E-state index in [9.17, 15) is 26.4 Å². The molecule has 3 rings (SSSR count). The van der Waals surface area contributed by atoms with E-state index >= 15 is 0 Å². The summed E-state index contributed by atoms with van der Waals surface area (Å²) in [4.78, 5) is 12.8. The molecule has 0 saturated heterocycles. The molecule has 0 aliphatic heterocycles. The van der Waals surface area contributed by atoms with Crippen LogP contribution < -0.4 is 10.0 Å². The number of alkyl halides is 3. The van der Waals surface area contributed by atoms with E-state index in [1.54, 1.807) is 32.0 Å². The molecule has 3 unspecified atom stereocenters. The van der Waals surface area contributed by atoms with Gasteiger partial charge in [-0.2, -0.15) is 13.2 Å². The van der Waals surface area contributed by atoms with Crippen LogP contribution in [0.2, 0.25) is 0 Å². The molecule has 1 aliphatic carbocycles. The summed E-state index contributed by atoms with van der Waals surface area (Å²) in [5.41, 5.74) is 0.759. The standard InChI is InChI=1S/C22H25F3N2O4S/c1-13-11-15(5-10-19(13)27-32(4,29)30)14(2)26-20(28)18-12-21(18,31-3)16-6-8-17(9-7-16)22(23,24)25/h5-11,14,18,27H,12H2,1-4H3,(H,26,28). The number of benzene rings is 2. The van der Waals surface area contributed by atoms with Crippen LogP contribution in [0.3, 0.4) is 0 Å². The van der Waals surface area contributed by atoms with Crippen LogP contribution in [0, 0.1) is 12.8 Å². The number of sulfonamides is 1. The highest BCUT2D eigenvalue weighted by atomic mass is 32.2. The van der Waals surface area contributed by atoms with Crippen molar-refractivity contribution in [1.82, 2.24) is 5.32 Å². The van der Waals surface area contributed by atoms with Gasteiger partial charge in [-0.25, -0.2) is 8.42 Å². The number of aryl methyl sites for hydroxylation is 1. The zero-order valence-corrected chi connectivity index (χ0v) is 18.9. The lowest BCUT2D eigenvalue weighted by Crippen LogP contribution is -2.31. The van der Waals surface area contributed by atoms with Crippen LogP contribution in [0.25, 0.3) is 0 Å². The molecular weight excluding hydrogens is 445 g/mol. The van der Waals surface area contributed by atoms with Crippen LogP contribution in [0.5, 0.6) is 0 Å². The van der Waals surface area contributed by atoms with Gasteiger partial charge in [0.2, 0.25) is 15.9 Å². The fourth-order valence-electron chi connectivity index (χ4n) is 3.82. The number of halogens is 3. The van der Waals surface area contributed by atoms with E-state index in [1.165, 1.54) is 19.2 Å². The summed E-state index contributed by atoms with van der Waals surface area (Å²) in [7, 11) is -1.97. The Kier molecular flexibility index (Phi) is 6.32. The topological polar surface area (TPSA) is 84.5 Å². The summed E-state index contributed by atoms with van der Waals surface area (Å²) >= 11 is 0. The van der Waals surface area contributed by atoms with Crippen molar-refractivity contribution in [3.05, 3.63) is 64.7 Å². The second-order valence-electron chi connectivity index (χ2n) is 8.10. The Labute approximate surface area is 185 Å². The highest BCUT2D eigenvalue weighted by Gasteiger charge is 2.60. The van der Waals surface area contributed by atoms with Crippen molar-refractivity contribution in [1.29, 1.82) is 0 Å². The Bertz CT molecular complexity index is 1120. The number of hydrogen-bond acceptors (Lipinski definition) is 4. The quantitative estimate of drug-likeness (QED) is 0.638. The predicted molar refractivity (Wildman–Crippen MR) is 114 cm³/mol. The highest BCUT2D eigenvalue weighted by Crippen LogP contribution is 2.55. The second kappa shape index (κ2) is 8.40. The van der Waals surface area contributed by atoms with Crippen molar-refractivity contribution < 1.29 is 31.1 Å². The average molecular weight is 471 g/mol. The fraction of sp³-hybridized carbons (Fsp3) is 0.409. The number of nitrogens with one attached hydrogen (secondary N) is 2. The molecule has 0 radical (unpaired) electrons. The SMILES string of the molecule is COC1(c2ccc(C(F)(F)F)cc2)CC1C(=O)NC(C)c1ccc(NS(C)(=O)=O)c(C)c1. The smallest absolute Gasteiger partial charge is 0.373 e. The molecule has 32 heavy (non-hydrogen) atoms. The first-order valence-electron chi connectivity index (χ1n) is 9.88. The van der Waals surface area contributed by atoms with Gasteiger partial charge in [-0.1, -0.05) is 24.3 Å². The third kappa shape index (κ3) is 5.07. The number of methoxy groups -OCH3 is 1.